The van der Waals surface area contributed by atoms with Gasteiger partial charge in [0.2, 0.25) is 11.8 Å². The normalized spacial score (nSPS) is 11.9. The molecule has 0 amide bonds. The van der Waals surface area contributed by atoms with Crippen molar-refractivity contribution in [1.82, 2.24) is 4.98 Å². The number of aromatic nitrogens is 1. The van der Waals surface area contributed by atoms with E-state index in [1.807, 2.05) is 0 Å². The van der Waals surface area contributed by atoms with Gasteiger partial charge in [-0.3, -0.25) is 0 Å². The van der Waals surface area contributed by atoms with Gasteiger partial charge >= 0.3 is 6.36 Å². The third kappa shape index (κ3) is 2.91. The van der Waals surface area contributed by atoms with Crippen molar-refractivity contribution < 1.29 is 31.1 Å². The first-order valence-electron chi connectivity index (χ1n) is 3.70. The highest BCUT2D eigenvalue weighted by Gasteiger charge is 2.35. The number of hydrogen-bond donors (Lipinski definition) is 1. The van der Waals surface area contributed by atoms with Gasteiger partial charge in [-0.25, -0.2) is 8.78 Å². The number of nitrogens with zero attached hydrogens (tertiary/aromatic N) is 1. The summed E-state index contributed by atoms with van der Waals surface area (Å²) in [6.45, 7) is 0. The number of anilines is 1. The zero-order valence-corrected chi connectivity index (χ0v) is 7.36. The Morgan fingerprint density at radius 1 is 1.31 bits per heavy atom. The number of rotatable bonds is 2. The zero-order valence-electron chi connectivity index (χ0n) is 7.36. The molecule has 0 fully saturated rings. The summed E-state index contributed by atoms with van der Waals surface area (Å²) in [5.74, 6) is -3.03. The van der Waals surface area contributed by atoms with Crippen LogP contribution in [-0.2, 0) is 0 Å². The maximum atomic E-state index is 12.6. The third-order valence-corrected chi connectivity index (χ3v) is 1.45. The third-order valence-electron chi connectivity index (χ3n) is 1.45. The zero-order chi connectivity index (χ0) is 12.5. The molecule has 0 saturated carbocycles. The molecule has 16 heavy (non-hydrogen) atoms. The van der Waals surface area contributed by atoms with Crippen LogP contribution < -0.4 is 10.5 Å². The van der Waals surface area contributed by atoms with E-state index in [0.717, 1.165) is 0 Å². The molecule has 0 radical (unpaired) electrons. The van der Waals surface area contributed by atoms with E-state index >= 15 is 0 Å². The molecule has 0 aliphatic rings. The molecule has 0 aromatic carbocycles. The van der Waals surface area contributed by atoms with Crippen molar-refractivity contribution in [2.24, 2.45) is 0 Å². The molecule has 3 nitrogen and oxygen atoms in total. The van der Waals surface area contributed by atoms with Gasteiger partial charge in [0.15, 0.2) is 0 Å². The molecule has 0 aliphatic carbocycles. The molecular weight excluding hydrogens is 242 g/mol. The molecule has 0 unspecified atom stereocenters. The Bertz CT molecular complexity index is 391. The summed E-state index contributed by atoms with van der Waals surface area (Å²) in [6.07, 6.45) is -8.61. The van der Waals surface area contributed by atoms with E-state index in [1.165, 1.54) is 0 Å². The fourth-order valence-electron chi connectivity index (χ4n) is 0.926. The van der Waals surface area contributed by atoms with Crippen molar-refractivity contribution in [3.05, 3.63) is 17.6 Å². The quantitative estimate of drug-likeness (QED) is 0.644. The van der Waals surface area contributed by atoms with E-state index in [9.17, 15) is 26.3 Å². The van der Waals surface area contributed by atoms with Crippen LogP contribution in [0.25, 0.3) is 0 Å². The average molecular weight is 246 g/mol. The summed E-state index contributed by atoms with van der Waals surface area (Å²) in [4.78, 5) is 2.57. The highest BCUT2D eigenvalue weighted by atomic mass is 19.4. The number of halogens is 6. The van der Waals surface area contributed by atoms with E-state index in [1.54, 1.807) is 0 Å². The van der Waals surface area contributed by atoms with Gasteiger partial charge in [0, 0.05) is 6.07 Å². The van der Waals surface area contributed by atoms with Crippen molar-refractivity contribution in [2.45, 2.75) is 12.8 Å². The fraction of sp³-hybridized carbons (Fsp3) is 0.286. The summed E-state index contributed by atoms with van der Waals surface area (Å²) in [5.41, 5.74) is 2.78. The van der Waals surface area contributed by atoms with Crippen LogP contribution in [0, 0.1) is 5.95 Å². The van der Waals surface area contributed by atoms with Crippen LogP contribution in [0.4, 0.5) is 32.0 Å². The fourth-order valence-corrected chi connectivity index (χ4v) is 0.926. The van der Waals surface area contributed by atoms with Crippen LogP contribution in [0.1, 0.15) is 12.0 Å². The lowest BCUT2D eigenvalue weighted by Gasteiger charge is -2.13. The Hall–Kier alpha value is -1.67. The number of hydrogen-bond acceptors (Lipinski definition) is 3. The molecule has 90 valence electrons. The summed E-state index contributed by atoms with van der Waals surface area (Å²) in [6, 6.07) is 0.380. The number of pyridine rings is 1. The van der Waals surface area contributed by atoms with Gasteiger partial charge in [-0.2, -0.15) is 9.37 Å². The molecule has 1 heterocycles. The molecule has 0 saturated heterocycles. The number of ether oxygens (including phenoxy) is 1. The molecule has 0 spiro atoms. The Morgan fingerprint density at radius 3 is 2.31 bits per heavy atom. The van der Waals surface area contributed by atoms with Crippen molar-refractivity contribution in [3.8, 4) is 5.88 Å². The van der Waals surface area contributed by atoms with Gasteiger partial charge in [0.05, 0.1) is 5.69 Å². The second-order valence-electron chi connectivity index (χ2n) is 2.60. The smallest absolute Gasteiger partial charge is 0.398 e. The largest absolute Gasteiger partial charge is 0.574 e. The minimum atomic E-state index is -5.25. The minimum absolute atomic E-state index is 0.380. The molecule has 1 rings (SSSR count). The van der Waals surface area contributed by atoms with Gasteiger partial charge in [-0.1, -0.05) is 0 Å². The van der Waals surface area contributed by atoms with E-state index in [2.05, 4.69) is 9.72 Å². The van der Waals surface area contributed by atoms with E-state index < -0.39 is 35.9 Å². The average Bonchev–Trinajstić information content (AvgIpc) is 1.96. The molecular formula is C7H4F6N2O. The topological polar surface area (TPSA) is 48.1 Å². The molecule has 0 aliphatic heterocycles. The predicted octanol–water partition coefficient (Wildman–Crippen LogP) is 2.64. The molecule has 0 bridgehead atoms. The van der Waals surface area contributed by atoms with Crippen molar-refractivity contribution in [1.29, 1.82) is 0 Å². The SMILES string of the molecule is Nc1cc(F)nc(OC(F)(F)F)c1C(F)F. The first-order valence-corrected chi connectivity index (χ1v) is 3.70. The Labute approximate surface area is 84.8 Å². The van der Waals surface area contributed by atoms with Crippen LogP contribution in [0.15, 0.2) is 6.07 Å². The van der Waals surface area contributed by atoms with Crippen LogP contribution in [-0.4, -0.2) is 11.3 Å². The van der Waals surface area contributed by atoms with Gasteiger partial charge in [0.1, 0.15) is 5.56 Å². The number of nitrogen functional groups attached to an aromatic ring is 1. The predicted molar refractivity (Wildman–Crippen MR) is 40.2 cm³/mol. The second kappa shape index (κ2) is 4.06. The van der Waals surface area contributed by atoms with E-state index in [4.69, 9.17) is 5.73 Å². The standard InChI is InChI=1S/C7H4F6N2O/c8-3-1-2(14)4(5(9)10)6(15-3)16-7(11,12)13/h1,5H,(H2,14,15). The first-order chi connectivity index (χ1) is 7.20. The summed E-state index contributed by atoms with van der Waals surface area (Å²) < 4.78 is 75.7. The Kier molecular flexibility index (Phi) is 3.15. The summed E-state index contributed by atoms with van der Waals surface area (Å²) in [7, 11) is 0. The van der Waals surface area contributed by atoms with Gasteiger partial charge < -0.3 is 10.5 Å². The molecule has 9 heteroatoms. The van der Waals surface area contributed by atoms with E-state index in [-0.39, 0.29) is 0 Å². The second-order valence-corrected chi connectivity index (χ2v) is 2.60. The maximum absolute atomic E-state index is 12.6. The molecule has 0 atom stereocenters. The number of nitrogens with two attached hydrogens (primary N) is 1. The molecule has 1 aromatic rings. The van der Waals surface area contributed by atoms with Gasteiger partial charge in [-0.15, -0.1) is 13.2 Å². The number of alkyl halides is 5. The van der Waals surface area contributed by atoms with Crippen molar-refractivity contribution in [2.75, 3.05) is 5.73 Å². The minimum Gasteiger partial charge on any atom is -0.398 e. The van der Waals surface area contributed by atoms with Crippen LogP contribution >= 0.6 is 0 Å². The monoisotopic (exact) mass is 246 g/mol. The Morgan fingerprint density at radius 2 is 1.88 bits per heavy atom. The highest BCUT2D eigenvalue weighted by molar-refractivity contribution is 5.51. The summed E-state index contributed by atoms with van der Waals surface area (Å²) in [5, 5.41) is 0. The first kappa shape index (κ1) is 12.4. The lowest BCUT2D eigenvalue weighted by Crippen LogP contribution is -2.20. The van der Waals surface area contributed by atoms with Crippen molar-refractivity contribution >= 4 is 5.69 Å². The van der Waals surface area contributed by atoms with Gasteiger partial charge in [0.25, 0.3) is 6.43 Å². The Balaban J connectivity index is 3.24. The lowest BCUT2D eigenvalue weighted by atomic mass is 10.2. The highest BCUT2D eigenvalue weighted by Crippen LogP contribution is 2.35. The van der Waals surface area contributed by atoms with Crippen LogP contribution in [0.2, 0.25) is 0 Å². The van der Waals surface area contributed by atoms with Crippen LogP contribution in [0.3, 0.4) is 0 Å². The molecule has 2 N–H and O–H groups in total. The van der Waals surface area contributed by atoms with Crippen molar-refractivity contribution in [3.63, 3.8) is 0 Å². The lowest BCUT2D eigenvalue weighted by molar-refractivity contribution is -0.276. The summed E-state index contributed by atoms with van der Waals surface area (Å²) >= 11 is 0. The van der Waals surface area contributed by atoms with Gasteiger partial charge in [-0.05, 0) is 0 Å². The van der Waals surface area contributed by atoms with E-state index in [0.29, 0.717) is 6.07 Å². The van der Waals surface area contributed by atoms with Crippen LogP contribution in [0.5, 0.6) is 5.88 Å². The maximum Gasteiger partial charge on any atom is 0.574 e. The molecule has 1 aromatic heterocycles.